The number of guanidine groups is 1. The highest BCUT2D eigenvalue weighted by Gasteiger charge is 2.12. The second-order valence-corrected chi connectivity index (χ2v) is 3.18. The molecular formula is C10H14N4O. The van der Waals surface area contributed by atoms with E-state index in [4.69, 9.17) is 17.2 Å². The Bertz CT molecular complexity index is 396. The van der Waals surface area contributed by atoms with Crippen LogP contribution in [0.4, 0.5) is 0 Å². The zero-order chi connectivity index (χ0) is 11.4. The number of carbonyl (C=O) groups excluding carboxylic acids is 1. The first-order valence-electron chi connectivity index (χ1n) is 4.50. The number of hydrogen-bond acceptors (Lipinski definition) is 2. The van der Waals surface area contributed by atoms with Gasteiger partial charge in [-0.3, -0.25) is 4.79 Å². The first-order chi connectivity index (χ1) is 7.02. The summed E-state index contributed by atoms with van der Waals surface area (Å²) in [5, 5.41) is 0. The van der Waals surface area contributed by atoms with Crippen LogP contribution in [0.3, 0.4) is 0 Å². The molecule has 0 fully saturated rings. The summed E-state index contributed by atoms with van der Waals surface area (Å²) in [6, 6.07) is 6.69. The van der Waals surface area contributed by atoms with Gasteiger partial charge in [-0.05, 0) is 18.6 Å². The van der Waals surface area contributed by atoms with Crippen LogP contribution in [-0.2, 0) is 0 Å². The van der Waals surface area contributed by atoms with E-state index in [-0.39, 0.29) is 12.0 Å². The van der Waals surface area contributed by atoms with Gasteiger partial charge in [-0.25, -0.2) is 4.99 Å². The van der Waals surface area contributed by atoms with Crippen molar-refractivity contribution in [1.82, 2.24) is 0 Å². The second kappa shape index (κ2) is 4.45. The van der Waals surface area contributed by atoms with Crippen molar-refractivity contribution in [2.24, 2.45) is 22.2 Å². The highest BCUT2D eigenvalue weighted by Crippen LogP contribution is 2.20. The lowest BCUT2D eigenvalue weighted by molar-refractivity contribution is 0.0999. The van der Waals surface area contributed by atoms with E-state index in [1.807, 2.05) is 0 Å². The standard InChI is InChI=1S/C10H14N4O/c1-6(14-10(12)13)7-4-2-3-5-8(7)9(11)15/h2-6H,1H3,(H2,11,15)(H4,12,13,14). The van der Waals surface area contributed by atoms with E-state index in [9.17, 15) is 4.79 Å². The molecule has 0 aliphatic rings. The predicted octanol–water partition coefficient (Wildman–Crippen LogP) is 0.120. The number of nitrogens with zero attached hydrogens (tertiary/aromatic N) is 1. The lowest BCUT2D eigenvalue weighted by Gasteiger charge is -2.10. The van der Waals surface area contributed by atoms with Crippen molar-refractivity contribution in [3.8, 4) is 0 Å². The van der Waals surface area contributed by atoms with Gasteiger partial charge in [-0.15, -0.1) is 0 Å². The number of carbonyl (C=O) groups is 1. The molecule has 1 aromatic carbocycles. The summed E-state index contributed by atoms with van der Waals surface area (Å²) >= 11 is 0. The normalized spacial score (nSPS) is 11.8. The Morgan fingerprint density at radius 2 is 1.87 bits per heavy atom. The maximum absolute atomic E-state index is 11.1. The third-order valence-corrected chi connectivity index (χ3v) is 2.02. The minimum absolute atomic E-state index is 0.0122. The van der Waals surface area contributed by atoms with E-state index in [1.165, 1.54) is 0 Å². The van der Waals surface area contributed by atoms with Crippen LogP contribution in [-0.4, -0.2) is 11.9 Å². The molecule has 5 heteroatoms. The predicted molar refractivity (Wildman–Crippen MR) is 59.2 cm³/mol. The SMILES string of the molecule is CC(N=C(N)N)c1ccccc1C(N)=O. The number of aliphatic imine (C=N–C) groups is 1. The number of amides is 1. The molecule has 0 radical (unpaired) electrons. The molecule has 0 aromatic heterocycles. The summed E-state index contributed by atoms with van der Waals surface area (Å²) in [6.07, 6.45) is 0. The lowest BCUT2D eigenvalue weighted by Crippen LogP contribution is -2.24. The Morgan fingerprint density at radius 1 is 1.27 bits per heavy atom. The van der Waals surface area contributed by atoms with E-state index in [0.717, 1.165) is 5.56 Å². The van der Waals surface area contributed by atoms with Gasteiger partial charge in [-0.1, -0.05) is 18.2 Å². The minimum Gasteiger partial charge on any atom is -0.370 e. The van der Waals surface area contributed by atoms with E-state index in [1.54, 1.807) is 31.2 Å². The van der Waals surface area contributed by atoms with Crippen LogP contribution in [0.5, 0.6) is 0 Å². The number of benzene rings is 1. The molecule has 0 heterocycles. The van der Waals surface area contributed by atoms with Gasteiger partial charge >= 0.3 is 0 Å². The maximum atomic E-state index is 11.1. The van der Waals surface area contributed by atoms with Gasteiger partial charge < -0.3 is 17.2 Å². The molecule has 0 spiro atoms. The van der Waals surface area contributed by atoms with Gasteiger partial charge in [0.1, 0.15) is 0 Å². The summed E-state index contributed by atoms with van der Waals surface area (Å²) in [5.74, 6) is -0.495. The molecular weight excluding hydrogens is 192 g/mol. The highest BCUT2D eigenvalue weighted by molar-refractivity contribution is 5.94. The average Bonchev–Trinajstić information content (AvgIpc) is 2.16. The van der Waals surface area contributed by atoms with E-state index in [2.05, 4.69) is 4.99 Å². The van der Waals surface area contributed by atoms with Crippen molar-refractivity contribution in [3.05, 3.63) is 35.4 Å². The third-order valence-electron chi connectivity index (χ3n) is 2.02. The summed E-state index contributed by atoms with van der Waals surface area (Å²) in [6.45, 7) is 1.79. The third kappa shape index (κ3) is 2.70. The Kier molecular flexibility index (Phi) is 3.28. The molecule has 0 bridgehead atoms. The van der Waals surface area contributed by atoms with Gasteiger partial charge in [-0.2, -0.15) is 0 Å². The zero-order valence-electron chi connectivity index (χ0n) is 8.47. The molecule has 80 valence electrons. The van der Waals surface area contributed by atoms with Gasteiger partial charge in [0.05, 0.1) is 6.04 Å². The Balaban J connectivity index is 3.13. The number of hydrogen-bond donors (Lipinski definition) is 3. The molecule has 6 N–H and O–H groups in total. The molecule has 5 nitrogen and oxygen atoms in total. The average molecular weight is 206 g/mol. The van der Waals surface area contributed by atoms with Crippen LogP contribution in [0.1, 0.15) is 28.9 Å². The lowest BCUT2D eigenvalue weighted by atomic mass is 10.0. The van der Waals surface area contributed by atoms with Crippen molar-refractivity contribution in [1.29, 1.82) is 0 Å². The largest absolute Gasteiger partial charge is 0.370 e. The van der Waals surface area contributed by atoms with Crippen LogP contribution in [0.25, 0.3) is 0 Å². The van der Waals surface area contributed by atoms with Crippen molar-refractivity contribution in [2.45, 2.75) is 13.0 Å². The minimum atomic E-state index is -0.483. The number of rotatable bonds is 3. The summed E-state index contributed by atoms with van der Waals surface area (Å²) in [7, 11) is 0. The molecule has 15 heavy (non-hydrogen) atoms. The van der Waals surface area contributed by atoms with Gasteiger partial charge in [0, 0.05) is 5.56 Å². The highest BCUT2D eigenvalue weighted by atomic mass is 16.1. The Hall–Kier alpha value is -2.04. The van der Waals surface area contributed by atoms with Crippen molar-refractivity contribution >= 4 is 11.9 Å². The molecule has 0 aliphatic carbocycles. The first kappa shape index (κ1) is 11.0. The van der Waals surface area contributed by atoms with Crippen molar-refractivity contribution in [3.63, 3.8) is 0 Å². The summed E-state index contributed by atoms with van der Waals surface area (Å²) < 4.78 is 0. The Labute approximate surface area is 88.0 Å². The molecule has 1 aromatic rings. The fourth-order valence-corrected chi connectivity index (χ4v) is 1.38. The fourth-order valence-electron chi connectivity index (χ4n) is 1.38. The van der Waals surface area contributed by atoms with Crippen molar-refractivity contribution < 1.29 is 4.79 Å². The summed E-state index contributed by atoms with van der Waals surface area (Å²) in [5.41, 5.74) is 16.9. The van der Waals surface area contributed by atoms with Crippen molar-refractivity contribution in [2.75, 3.05) is 0 Å². The monoisotopic (exact) mass is 206 g/mol. The molecule has 0 aliphatic heterocycles. The molecule has 1 atom stereocenters. The topological polar surface area (TPSA) is 107 Å². The van der Waals surface area contributed by atoms with E-state index >= 15 is 0 Å². The molecule has 1 unspecified atom stereocenters. The van der Waals surface area contributed by atoms with Gasteiger partial charge in [0.2, 0.25) is 5.91 Å². The fraction of sp³-hybridized carbons (Fsp3) is 0.200. The van der Waals surface area contributed by atoms with Gasteiger partial charge in [0.25, 0.3) is 0 Å². The molecule has 0 saturated carbocycles. The number of nitrogens with two attached hydrogens (primary N) is 3. The zero-order valence-corrected chi connectivity index (χ0v) is 8.47. The molecule has 0 saturated heterocycles. The van der Waals surface area contributed by atoms with Crippen LogP contribution in [0.2, 0.25) is 0 Å². The second-order valence-electron chi connectivity index (χ2n) is 3.18. The number of primary amides is 1. The maximum Gasteiger partial charge on any atom is 0.249 e. The van der Waals surface area contributed by atoms with E-state index in [0.29, 0.717) is 5.56 Å². The quantitative estimate of drug-likeness (QED) is 0.482. The van der Waals surface area contributed by atoms with Crippen LogP contribution in [0, 0.1) is 0 Å². The Morgan fingerprint density at radius 3 is 2.40 bits per heavy atom. The van der Waals surface area contributed by atoms with Crippen LogP contribution < -0.4 is 17.2 Å². The molecule has 1 amide bonds. The molecule has 1 rings (SSSR count). The summed E-state index contributed by atoms with van der Waals surface area (Å²) in [4.78, 5) is 15.1. The smallest absolute Gasteiger partial charge is 0.249 e. The van der Waals surface area contributed by atoms with Crippen LogP contribution >= 0.6 is 0 Å². The van der Waals surface area contributed by atoms with Crippen LogP contribution in [0.15, 0.2) is 29.3 Å². The first-order valence-corrected chi connectivity index (χ1v) is 4.50. The van der Waals surface area contributed by atoms with Gasteiger partial charge in [0.15, 0.2) is 5.96 Å². The van der Waals surface area contributed by atoms with E-state index < -0.39 is 5.91 Å².